The van der Waals surface area contributed by atoms with Crippen LogP contribution in [-0.2, 0) is 11.2 Å². The first kappa shape index (κ1) is 9.96. The van der Waals surface area contributed by atoms with E-state index in [1.807, 2.05) is 0 Å². The van der Waals surface area contributed by atoms with Crippen LogP contribution in [0.3, 0.4) is 0 Å². The zero-order valence-corrected chi connectivity index (χ0v) is 9.16. The summed E-state index contributed by atoms with van der Waals surface area (Å²) in [5.74, 6) is 0. The highest BCUT2D eigenvalue weighted by Crippen LogP contribution is 2.22. The van der Waals surface area contributed by atoms with Crippen molar-refractivity contribution < 1.29 is 4.74 Å². The molecule has 1 heterocycles. The molecular weight excluding hydrogens is 236 g/mol. The average Bonchev–Trinajstić information content (AvgIpc) is 2.45. The second kappa shape index (κ2) is 5.51. The lowest BCUT2D eigenvalue weighted by Crippen LogP contribution is -1.96. The second-order valence-corrected chi connectivity index (χ2v) is 4.87. The van der Waals surface area contributed by atoms with E-state index in [4.69, 9.17) is 4.74 Å². The molecule has 0 aromatic carbocycles. The SMILES string of the molecule is C=CCOCCc1ccc(Br)s1. The molecule has 0 bridgehead atoms. The van der Waals surface area contributed by atoms with Gasteiger partial charge in [0.25, 0.3) is 0 Å². The predicted octanol–water partition coefficient (Wildman–Crippen LogP) is 3.26. The first-order valence-corrected chi connectivity index (χ1v) is 5.36. The number of rotatable bonds is 5. The highest BCUT2D eigenvalue weighted by atomic mass is 79.9. The number of halogens is 1. The lowest BCUT2D eigenvalue weighted by molar-refractivity contribution is 0.166. The van der Waals surface area contributed by atoms with Crippen LogP contribution >= 0.6 is 27.3 Å². The van der Waals surface area contributed by atoms with Crippen molar-refractivity contribution in [3.05, 3.63) is 33.5 Å². The third-order valence-electron chi connectivity index (χ3n) is 1.36. The maximum absolute atomic E-state index is 5.27. The Balaban J connectivity index is 2.19. The van der Waals surface area contributed by atoms with Crippen molar-refractivity contribution in [3.8, 4) is 0 Å². The Morgan fingerprint density at radius 3 is 3.00 bits per heavy atom. The Hall–Kier alpha value is -0.120. The standard InChI is InChI=1S/C9H11BrOS/c1-2-6-11-7-5-8-3-4-9(10)12-8/h2-4H,1,5-7H2. The zero-order valence-electron chi connectivity index (χ0n) is 6.75. The maximum atomic E-state index is 5.27. The Kier molecular flexibility index (Phi) is 4.58. The quantitative estimate of drug-likeness (QED) is 0.573. The molecule has 1 aromatic heterocycles. The molecule has 0 amide bonds. The van der Waals surface area contributed by atoms with Gasteiger partial charge in [0, 0.05) is 11.3 Å². The average molecular weight is 247 g/mol. The van der Waals surface area contributed by atoms with E-state index in [0.29, 0.717) is 6.61 Å². The van der Waals surface area contributed by atoms with E-state index in [1.165, 1.54) is 8.66 Å². The molecule has 0 atom stereocenters. The van der Waals surface area contributed by atoms with Gasteiger partial charge in [-0.15, -0.1) is 17.9 Å². The van der Waals surface area contributed by atoms with Gasteiger partial charge in [0.15, 0.2) is 0 Å². The molecule has 1 rings (SSSR count). The Morgan fingerprint density at radius 2 is 2.42 bits per heavy atom. The van der Waals surface area contributed by atoms with Crippen molar-refractivity contribution >= 4 is 27.3 Å². The molecule has 1 aromatic rings. The molecule has 0 aliphatic carbocycles. The molecule has 0 aliphatic rings. The van der Waals surface area contributed by atoms with Gasteiger partial charge in [0.1, 0.15) is 0 Å². The van der Waals surface area contributed by atoms with Gasteiger partial charge in [0.2, 0.25) is 0 Å². The molecular formula is C9H11BrOS. The summed E-state index contributed by atoms with van der Waals surface area (Å²) >= 11 is 5.17. The maximum Gasteiger partial charge on any atom is 0.0701 e. The Morgan fingerprint density at radius 1 is 1.58 bits per heavy atom. The smallest absolute Gasteiger partial charge is 0.0701 e. The fourth-order valence-corrected chi connectivity index (χ4v) is 2.29. The van der Waals surface area contributed by atoms with Gasteiger partial charge < -0.3 is 4.74 Å². The minimum Gasteiger partial charge on any atom is -0.377 e. The molecule has 0 fully saturated rings. The molecule has 0 radical (unpaired) electrons. The molecule has 0 unspecified atom stereocenters. The van der Waals surface area contributed by atoms with Crippen LogP contribution in [0.15, 0.2) is 28.6 Å². The first-order valence-electron chi connectivity index (χ1n) is 3.76. The molecule has 0 N–H and O–H groups in total. The summed E-state index contributed by atoms with van der Waals surface area (Å²) in [7, 11) is 0. The van der Waals surface area contributed by atoms with Gasteiger partial charge in [-0.3, -0.25) is 0 Å². The van der Waals surface area contributed by atoms with E-state index in [-0.39, 0.29) is 0 Å². The minimum absolute atomic E-state index is 0.645. The van der Waals surface area contributed by atoms with E-state index >= 15 is 0 Å². The van der Waals surface area contributed by atoms with Crippen molar-refractivity contribution in [3.63, 3.8) is 0 Å². The van der Waals surface area contributed by atoms with Gasteiger partial charge in [0.05, 0.1) is 17.0 Å². The van der Waals surface area contributed by atoms with Crippen LogP contribution in [0.4, 0.5) is 0 Å². The van der Waals surface area contributed by atoms with Crippen LogP contribution < -0.4 is 0 Å². The van der Waals surface area contributed by atoms with Gasteiger partial charge in [-0.1, -0.05) is 6.08 Å². The van der Waals surface area contributed by atoms with Gasteiger partial charge in [-0.25, -0.2) is 0 Å². The van der Waals surface area contributed by atoms with Gasteiger partial charge in [-0.05, 0) is 28.1 Å². The fraction of sp³-hybridized carbons (Fsp3) is 0.333. The molecule has 0 saturated carbocycles. The monoisotopic (exact) mass is 246 g/mol. The molecule has 0 aliphatic heterocycles. The molecule has 0 saturated heterocycles. The third-order valence-corrected chi connectivity index (χ3v) is 3.04. The molecule has 0 spiro atoms. The fourth-order valence-electron chi connectivity index (χ4n) is 0.826. The second-order valence-electron chi connectivity index (χ2n) is 2.32. The Bertz CT molecular complexity index is 244. The van der Waals surface area contributed by atoms with Crippen LogP contribution in [-0.4, -0.2) is 13.2 Å². The number of thiophene rings is 1. The third kappa shape index (κ3) is 3.52. The van der Waals surface area contributed by atoms with Crippen LogP contribution in [0.1, 0.15) is 4.88 Å². The Labute approximate surface area is 85.2 Å². The topological polar surface area (TPSA) is 9.23 Å². The van der Waals surface area contributed by atoms with Crippen molar-refractivity contribution in [2.24, 2.45) is 0 Å². The lowest BCUT2D eigenvalue weighted by atomic mass is 10.4. The molecule has 12 heavy (non-hydrogen) atoms. The molecule has 1 nitrogen and oxygen atoms in total. The highest BCUT2D eigenvalue weighted by molar-refractivity contribution is 9.11. The summed E-state index contributed by atoms with van der Waals surface area (Å²) in [6.45, 7) is 5.00. The number of ether oxygens (including phenoxy) is 1. The number of hydrogen-bond donors (Lipinski definition) is 0. The normalized spacial score (nSPS) is 10.1. The molecule has 3 heteroatoms. The summed E-state index contributed by atoms with van der Waals surface area (Å²) in [5, 5.41) is 0. The van der Waals surface area contributed by atoms with E-state index in [1.54, 1.807) is 17.4 Å². The summed E-state index contributed by atoms with van der Waals surface area (Å²) in [6, 6.07) is 4.18. The predicted molar refractivity (Wildman–Crippen MR) is 56.7 cm³/mol. The summed E-state index contributed by atoms with van der Waals surface area (Å²) in [5.41, 5.74) is 0. The first-order chi connectivity index (χ1) is 5.83. The van der Waals surface area contributed by atoms with Crippen LogP contribution in [0.5, 0.6) is 0 Å². The summed E-state index contributed by atoms with van der Waals surface area (Å²) in [6.07, 6.45) is 2.76. The van der Waals surface area contributed by atoms with Gasteiger partial charge >= 0.3 is 0 Å². The van der Waals surface area contributed by atoms with Crippen molar-refractivity contribution in [1.29, 1.82) is 0 Å². The van der Waals surface area contributed by atoms with Crippen LogP contribution in [0.2, 0.25) is 0 Å². The van der Waals surface area contributed by atoms with E-state index in [2.05, 4.69) is 34.6 Å². The van der Waals surface area contributed by atoms with E-state index < -0.39 is 0 Å². The lowest BCUT2D eigenvalue weighted by Gasteiger charge is -1.97. The van der Waals surface area contributed by atoms with E-state index in [9.17, 15) is 0 Å². The molecule has 66 valence electrons. The summed E-state index contributed by atoms with van der Waals surface area (Å²) in [4.78, 5) is 1.35. The van der Waals surface area contributed by atoms with Crippen molar-refractivity contribution in [1.82, 2.24) is 0 Å². The number of hydrogen-bond acceptors (Lipinski definition) is 2. The van der Waals surface area contributed by atoms with Crippen LogP contribution in [0, 0.1) is 0 Å². The highest BCUT2D eigenvalue weighted by Gasteiger charge is 1.96. The van der Waals surface area contributed by atoms with Crippen molar-refractivity contribution in [2.75, 3.05) is 13.2 Å². The minimum atomic E-state index is 0.645. The van der Waals surface area contributed by atoms with Crippen LogP contribution in [0.25, 0.3) is 0 Å². The summed E-state index contributed by atoms with van der Waals surface area (Å²) < 4.78 is 6.45. The van der Waals surface area contributed by atoms with Crippen molar-refractivity contribution in [2.45, 2.75) is 6.42 Å². The largest absolute Gasteiger partial charge is 0.377 e. The van der Waals surface area contributed by atoms with E-state index in [0.717, 1.165) is 13.0 Å². The van der Waals surface area contributed by atoms with Gasteiger partial charge in [-0.2, -0.15) is 0 Å². The zero-order chi connectivity index (χ0) is 8.81.